The smallest absolute Gasteiger partial charge is 0.250 e. The quantitative estimate of drug-likeness (QED) is 0.798. The highest BCUT2D eigenvalue weighted by molar-refractivity contribution is 7.91. The average Bonchev–Trinajstić information content (AvgIpc) is 2.70. The lowest BCUT2D eigenvalue weighted by molar-refractivity contribution is 0.246. The Balaban J connectivity index is 2.19. The van der Waals surface area contributed by atoms with Gasteiger partial charge in [0.1, 0.15) is 4.21 Å². The summed E-state index contributed by atoms with van der Waals surface area (Å²) in [6, 6.07) is 3.25. The van der Waals surface area contributed by atoms with Crippen molar-refractivity contribution in [2.24, 2.45) is 0 Å². The maximum atomic E-state index is 11.7. The van der Waals surface area contributed by atoms with E-state index >= 15 is 0 Å². The molecule has 1 aromatic rings. The minimum absolute atomic E-state index is 0.127. The molecule has 0 bridgehead atoms. The van der Waals surface area contributed by atoms with E-state index in [1.807, 2.05) is 0 Å². The molecule has 0 aromatic carbocycles. The lowest BCUT2D eigenvalue weighted by atomic mass is 10.3. The summed E-state index contributed by atoms with van der Waals surface area (Å²) in [6.07, 6.45) is 1.43. The fourth-order valence-electron chi connectivity index (χ4n) is 1.20. The zero-order valence-electron chi connectivity index (χ0n) is 7.43. The highest BCUT2D eigenvalue weighted by Gasteiger charge is 2.45. The third-order valence-corrected chi connectivity index (χ3v) is 5.24. The van der Waals surface area contributed by atoms with Gasteiger partial charge in [-0.3, -0.25) is 0 Å². The first-order valence-corrected chi connectivity index (χ1v) is 6.63. The second-order valence-electron chi connectivity index (χ2n) is 3.48. The van der Waals surface area contributed by atoms with E-state index in [1.165, 1.54) is 11.3 Å². The molecule has 0 aliphatic heterocycles. The van der Waals surface area contributed by atoms with Crippen LogP contribution in [0, 0.1) is 0 Å². The highest BCUT2D eigenvalue weighted by atomic mass is 32.2. The molecule has 1 saturated carbocycles. The van der Waals surface area contributed by atoms with Crippen molar-refractivity contribution < 1.29 is 13.5 Å². The van der Waals surface area contributed by atoms with Crippen LogP contribution in [0.1, 0.15) is 12.8 Å². The zero-order valence-corrected chi connectivity index (χ0v) is 9.07. The molecule has 0 amide bonds. The zero-order chi connectivity index (χ0) is 10.2. The van der Waals surface area contributed by atoms with Crippen molar-refractivity contribution in [1.82, 2.24) is 4.72 Å². The molecule has 1 aliphatic rings. The molecule has 0 atom stereocenters. The van der Waals surface area contributed by atoms with Gasteiger partial charge in [0.2, 0.25) is 0 Å². The van der Waals surface area contributed by atoms with Crippen molar-refractivity contribution in [3.05, 3.63) is 17.5 Å². The second kappa shape index (κ2) is 3.30. The molecule has 1 aliphatic carbocycles. The van der Waals surface area contributed by atoms with E-state index in [9.17, 15) is 8.42 Å². The van der Waals surface area contributed by atoms with Gasteiger partial charge >= 0.3 is 0 Å². The summed E-state index contributed by atoms with van der Waals surface area (Å²) >= 11 is 1.18. The van der Waals surface area contributed by atoms with Gasteiger partial charge in [-0.1, -0.05) is 6.07 Å². The van der Waals surface area contributed by atoms with Gasteiger partial charge in [-0.05, 0) is 24.3 Å². The molecular weight excluding hydrogens is 222 g/mol. The number of nitrogens with one attached hydrogen (secondary N) is 1. The number of aliphatic hydroxyl groups excluding tert-OH is 1. The maximum absolute atomic E-state index is 11.7. The lowest BCUT2D eigenvalue weighted by Crippen LogP contribution is -2.39. The molecule has 0 spiro atoms. The summed E-state index contributed by atoms with van der Waals surface area (Å²) < 4.78 is 26.2. The molecule has 1 fully saturated rings. The van der Waals surface area contributed by atoms with Crippen molar-refractivity contribution >= 4 is 21.4 Å². The predicted octanol–water partition coefficient (Wildman–Crippen LogP) is 0.551. The second-order valence-corrected chi connectivity index (χ2v) is 6.33. The van der Waals surface area contributed by atoms with Crippen molar-refractivity contribution in [3.63, 3.8) is 0 Å². The largest absolute Gasteiger partial charge is 0.394 e. The SMILES string of the molecule is O=S(=O)(NC1(CO)CC1)c1cccs1. The molecule has 1 aromatic heterocycles. The molecular formula is C8H11NO3S2. The van der Waals surface area contributed by atoms with Gasteiger partial charge in [0.05, 0.1) is 12.1 Å². The summed E-state index contributed by atoms with van der Waals surface area (Å²) in [7, 11) is -3.42. The van der Waals surface area contributed by atoms with Gasteiger partial charge in [0, 0.05) is 0 Å². The summed E-state index contributed by atoms with van der Waals surface area (Å²) in [5.74, 6) is 0. The van der Waals surface area contributed by atoms with Gasteiger partial charge in [-0.2, -0.15) is 0 Å². The van der Waals surface area contributed by atoms with Gasteiger partial charge in [0.25, 0.3) is 10.0 Å². The number of hydrogen-bond donors (Lipinski definition) is 2. The fourth-order valence-corrected chi connectivity index (χ4v) is 3.64. The summed E-state index contributed by atoms with van der Waals surface area (Å²) in [4.78, 5) is 0. The average molecular weight is 233 g/mol. The molecule has 1 heterocycles. The third kappa shape index (κ3) is 1.83. The first kappa shape index (κ1) is 10.1. The number of hydrogen-bond acceptors (Lipinski definition) is 4. The van der Waals surface area contributed by atoms with Crippen LogP contribution in [0.4, 0.5) is 0 Å². The standard InChI is InChI=1S/C8H11NO3S2/c10-6-8(3-4-8)9-14(11,12)7-2-1-5-13-7/h1-2,5,9-10H,3-4,6H2. The molecule has 4 nitrogen and oxygen atoms in total. The first-order chi connectivity index (χ1) is 6.58. The Bertz CT molecular complexity index is 406. The van der Waals surface area contributed by atoms with Crippen molar-refractivity contribution in [2.45, 2.75) is 22.6 Å². The van der Waals surface area contributed by atoms with E-state index in [2.05, 4.69) is 4.72 Å². The third-order valence-electron chi connectivity index (χ3n) is 2.27. The fraction of sp³-hybridized carbons (Fsp3) is 0.500. The van der Waals surface area contributed by atoms with Crippen LogP contribution in [-0.4, -0.2) is 25.7 Å². The van der Waals surface area contributed by atoms with E-state index < -0.39 is 15.6 Å². The van der Waals surface area contributed by atoms with Crippen LogP contribution < -0.4 is 4.72 Å². The van der Waals surface area contributed by atoms with Crippen LogP contribution >= 0.6 is 11.3 Å². The van der Waals surface area contributed by atoms with Crippen LogP contribution in [-0.2, 0) is 10.0 Å². The minimum atomic E-state index is -3.42. The Hall–Kier alpha value is -0.430. The van der Waals surface area contributed by atoms with Gasteiger partial charge in [-0.15, -0.1) is 11.3 Å². The molecule has 0 unspecified atom stereocenters. The summed E-state index contributed by atoms with van der Waals surface area (Å²) in [5, 5.41) is 10.7. The number of thiophene rings is 1. The number of aliphatic hydroxyl groups is 1. The highest BCUT2D eigenvalue weighted by Crippen LogP contribution is 2.36. The molecule has 0 saturated heterocycles. The topological polar surface area (TPSA) is 66.4 Å². The van der Waals surface area contributed by atoms with Crippen LogP contribution in [0.25, 0.3) is 0 Å². The van der Waals surface area contributed by atoms with Crippen molar-refractivity contribution in [1.29, 1.82) is 0 Å². The number of rotatable bonds is 4. The molecule has 6 heteroatoms. The number of sulfonamides is 1. The van der Waals surface area contributed by atoms with E-state index in [1.54, 1.807) is 17.5 Å². The van der Waals surface area contributed by atoms with E-state index in [0.717, 1.165) is 0 Å². The van der Waals surface area contributed by atoms with Gasteiger partial charge < -0.3 is 5.11 Å². The van der Waals surface area contributed by atoms with Crippen LogP contribution in [0.15, 0.2) is 21.7 Å². The molecule has 2 rings (SSSR count). The lowest BCUT2D eigenvalue weighted by Gasteiger charge is -2.12. The maximum Gasteiger partial charge on any atom is 0.250 e. The molecule has 78 valence electrons. The Morgan fingerprint density at radius 2 is 2.29 bits per heavy atom. The Morgan fingerprint density at radius 1 is 1.57 bits per heavy atom. The van der Waals surface area contributed by atoms with E-state index in [-0.39, 0.29) is 6.61 Å². The van der Waals surface area contributed by atoms with Gasteiger partial charge in [0.15, 0.2) is 0 Å². The molecule has 14 heavy (non-hydrogen) atoms. The van der Waals surface area contributed by atoms with Crippen molar-refractivity contribution in [2.75, 3.05) is 6.61 Å². The van der Waals surface area contributed by atoms with Crippen LogP contribution in [0.3, 0.4) is 0 Å². The van der Waals surface area contributed by atoms with Crippen molar-refractivity contribution in [3.8, 4) is 0 Å². The Morgan fingerprint density at radius 3 is 2.71 bits per heavy atom. The minimum Gasteiger partial charge on any atom is -0.394 e. The monoisotopic (exact) mass is 233 g/mol. The predicted molar refractivity (Wildman–Crippen MR) is 53.7 cm³/mol. The van der Waals surface area contributed by atoms with Crippen LogP contribution in [0.2, 0.25) is 0 Å². The van der Waals surface area contributed by atoms with E-state index in [4.69, 9.17) is 5.11 Å². The normalized spacial score (nSPS) is 19.5. The molecule has 0 radical (unpaired) electrons. The Kier molecular flexibility index (Phi) is 2.38. The van der Waals surface area contributed by atoms with E-state index in [0.29, 0.717) is 17.1 Å². The summed E-state index contributed by atoms with van der Waals surface area (Å²) in [6.45, 7) is -0.127. The van der Waals surface area contributed by atoms with Crippen LogP contribution in [0.5, 0.6) is 0 Å². The van der Waals surface area contributed by atoms with Gasteiger partial charge in [-0.25, -0.2) is 13.1 Å². The summed E-state index contributed by atoms with van der Waals surface area (Å²) in [5.41, 5.74) is -0.581. The first-order valence-electron chi connectivity index (χ1n) is 4.26. The Labute approximate surface area is 86.6 Å². The molecule has 2 N–H and O–H groups in total.